The topological polar surface area (TPSA) is 35.5 Å². The number of hydrogen-bond acceptors (Lipinski definition) is 3. The molecule has 0 aliphatic heterocycles. The molecule has 0 aliphatic carbocycles. The smallest absolute Gasteiger partial charge is 0.338 e. The molecule has 0 amide bonds. The largest absolute Gasteiger partial charge is 0.486 e. The second kappa shape index (κ2) is 6.64. The van der Waals surface area contributed by atoms with Crippen LogP contribution in [0, 0.1) is 6.92 Å². The third-order valence-corrected chi connectivity index (χ3v) is 3.57. The SMILES string of the molecule is COC(=O)c1cc(Cl)c(C(C)Oc2ccccc2)cc1C. The van der Waals surface area contributed by atoms with Crippen molar-refractivity contribution in [3.63, 3.8) is 0 Å². The molecule has 0 radical (unpaired) electrons. The summed E-state index contributed by atoms with van der Waals surface area (Å²) in [5, 5.41) is 0.490. The summed E-state index contributed by atoms with van der Waals surface area (Å²) in [5.74, 6) is 0.383. The minimum absolute atomic E-state index is 0.217. The molecule has 0 fully saturated rings. The van der Waals surface area contributed by atoms with E-state index in [4.69, 9.17) is 21.1 Å². The van der Waals surface area contributed by atoms with E-state index in [1.54, 1.807) is 6.07 Å². The molecule has 0 heterocycles. The van der Waals surface area contributed by atoms with Gasteiger partial charge in [0.1, 0.15) is 11.9 Å². The van der Waals surface area contributed by atoms with E-state index in [-0.39, 0.29) is 6.10 Å². The van der Waals surface area contributed by atoms with Crippen LogP contribution < -0.4 is 4.74 Å². The van der Waals surface area contributed by atoms with E-state index in [1.165, 1.54) is 7.11 Å². The van der Waals surface area contributed by atoms with E-state index in [1.807, 2.05) is 50.2 Å². The molecule has 4 heteroatoms. The van der Waals surface area contributed by atoms with Crippen LogP contribution in [-0.4, -0.2) is 13.1 Å². The summed E-state index contributed by atoms with van der Waals surface area (Å²) in [6, 6.07) is 13.0. The van der Waals surface area contributed by atoms with Crippen LogP contribution in [0.1, 0.15) is 34.5 Å². The van der Waals surface area contributed by atoms with Crippen LogP contribution in [0.15, 0.2) is 42.5 Å². The van der Waals surface area contributed by atoms with Gasteiger partial charge in [0.25, 0.3) is 0 Å². The molecule has 0 saturated carbocycles. The molecule has 0 saturated heterocycles. The molecule has 21 heavy (non-hydrogen) atoms. The summed E-state index contributed by atoms with van der Waals surface area (Å²) in [7, 11) is 1.35. The molecule has 2 aromatic rings. The highest BCUT2D eigenvalue weighted by Gasteiger charge is 2.17. The molecular weight excluding hydrogens is 288 g/mol. The molecule has 110 valence electrons. The Balaban J connectivity index is 2.28. The molecule has 0 N–H and O–H groups in total. The standard InChI is InChI=1S/C17H17ClO3/c1-11-9-15(16(18)10-14(11)17(19)20-3)12(2)21-13-7-5-4-6-8-13/h4-10,12H,1-3H3. The molecule has 1 atom stereocenters. The highest BCUT2D eigenvalue weighted by atomic mass is 35.5. The Kier molecular flexibility index (Phi) is 4.86. The van der Waals surface area contributed by atoms with Crippen molar-refractivity contribution in [2.75, 3.05) is 7.11 Å². The van der Waals surface area contributed by atoms with E-state index in [9.17, 15) is 4.79 Å². The molecule has 2 aromatic carbocycles. The van der Waals surface area contributed by atoms with Crippen molar-refractivity contribution >= 4 is 17.6 Å². The summed E-state index contributed by atoms with van der Waals surface area (Å²) in [6.45, 7) is 3.77. The normalized spacial score (nSPS) is 11.8. The number of benzene rings is 2. The number of methoxy groups -OCH3 is 1. The fourth-order valence-corrected chi connectivity index (χ4v) is 2.43. The van der Waals surface area contributed by atoms with Gasteiger partial charge in [-0.1, -0.05) is 35.9 Å². The van der Waals surface area contributed by atoms with Gasteiger partial charge in [-0.3, -0.25) is 0 Å². The Morgan fingerprint density at radius 1 is 1.19 bits per heavy atom. The van der Waals surface area contributed by atoms with E-state index < -0.39 is 5.97 Å². The Hall–Kier alpha value is -2.00. The lowest BCUT2D eigenvalue weighted by atomic mass is 10.0. The van der Waals surface area contributed by atoms with Crippen LogP contribution in [0.3, 0.4) is 0 Å². The van der Waals surface area contributed by atoms with Crippen LogP contribution in [0.25, 0.3) is 0 Å². The molecule has 0 aromatic heterocycles. The molecule has 1 unspecified atom stereocenters. The van der Waals surface area contributed by atoms with Crippen molar-refractivity contribution in [3.05, 3.63) is 64.2 Å². The Morgan fingerprint density at radius 3 is 2.48 bits per heavy atom. The first-order chi connectivity index (χ1) is 10.0. The van der Waals surface area contributed by atoms with Gasteiger partial charge in [0.05, 0.1) is 12.7 Å². The highest BCUT2D eigenvalue weighted by Crippen LogP contribution is 2.30. The lowest BCUT2D eigenvalue weighted by Crippen LogP contribution is -2.08. The maximum absolute atomic E-state index is 11.6. The van der Waals surface area contributed by atoms with Crippen molar-refractivity contribution in [1.82, 2.24) is 0 Å². The number of aryl methyl sites for hydroxylation is 1. The molecule has 0 aliphatic rings. The molecule has 2 rings (SSSR count). The van der Waals surface area contributed by atoms with Gasteiger partial charge in [-0.05, 0) is 37.6 Å². The number of hydrogen-bond donors (Lipinski definition) is 0. The Bertz CT molecular complexity index is 638. The zero-order valence-electron chi connectivity index (χ0n) is 12.2. The lowest BCUT2D eigenvalue weighted by Gasteiger charge is -2.18. The number of rotatable bonds is 4. The zero-order valence-corrected chi connectivity index (χ0v) is 13.0. The number of halogens is 1. The van der Waals surface area contributed by atoms with Crippen LogP contribution in [0.5, 0.6) is 5.75 Å². The van der Waals surface area contributed by atoms with Crippen molar-refractivity contribution in [2.24, 2.45) is 0 Å². The van der Waals surface area contributed by atoms with Crippen LogP contribution >= 0.6 is 11.6 Å². The van der Waals surface area contributed by atoms with Gasteiger partial charge in [-0.25, -0.2) is 4.79 Å². The van der Waals surface area contributed by atoms with E-state index in [0.717, 1.165) is 16.9 Å². The first-order valence-corrected chi connectivity index (χ1v) is 7.00. The van der Waals surface area contributed by atoms with Crippen molar-refractivity contribution in [2.45, 2.75) is 20.0 Å². The quantitative estimate of drug-likeness (QED) is 0.776. The summed E-state index contributed by atoms with van der Waals surface area (Å²) >= 11 is 6.28. The van der Waals surface area contributed by atoms with Crippen molar-refractivity contribution in [1.29, 1.82) is 0 Å². The predicted molar refractivity (Wildman–Crippen MR) is 83.0 cm³/mol. The number of ether oxygens (including phenoxy) is 2. The van der Waals surface area contributed by atoms with Gasteiger partial charge >= 0.3 is 5.97 Å². The van der Waals surface area contributed by atoms with Gasteiger partial charge < -0.3 is 9.47 Å². The van der Waals surface area contributed by atoms with Crippen LogP contribution in [0.2, 0.25) is 5.02 Å². The van der Waals surface area contributed by atoms with E-state index in [0.29, 0.717) is 10.6 Å². The minimum atomic E-state index is -0.391. The first-order valence-electron chi connectivity index (χ1n) is 6.63. The average Bonchev–Trinajstić information content (AvgIpc) is 2.49. The minimum Gasteiger partial charge on any atom is -0.486 e. The van der Waals surface area contributed by atoms with E-state index in [2.05, 4.69) is 0 Å². The fraction of sp³-hybridized carbons (Fsp3) is 0.235. The van der Waals surface area contributed by atoms with E-state index >= 15 is 0 Å². The molecular formula is C17H17ClO3. The number of para-hydroxylation sites is 1. The van der Waals surface area contributed by atoms with Crippen LogP contribution in [-0.2, 0) is 4.74 Å². The average molecular weight is 305 g/mol. The lowest BCUT2D eigenvalue weighted by molar-refractivity contribution is 0.0600. The third-order valence-electron chi connectivity index (χ3n) is 3.24. The fourth-order valence-electron chi connectivity index (χ4n) is 2.11. The Morgan fingerprint density at radius 2 is 1.86 bits per heavy atom. The van der Waals surface area contributed by atoms with Crippen molar-refractivity contribution in [3.8, 4) is 5.75 Å². The highest BCUT2D eigenvalue weighted by molar-refractivity contribution is 6.31. The predicted octanol–water partition coefficient (Wildman–Crippen LogP) is 4.58. The maximum atomic E-state index is 11.6. The second-order valence-electron chi connectivity index (χ2n) is 4.75. The third kappa shape index (κ3) is 3.56. The van der Waals surface area contributed by atoms with Crippen LogP contribution in [0.4, 0.5) is 0 Å². The Labute approximate surface area is 129 Å². The second-order valence-corrected chi connectivity index (χ2v) is 5.16. The number of esters is 1. The monoisotopic (exact) mass is 304 g/mol. The molecule has 0 bridgehead atoms. The molecule has 3 nitrogen and oxygen atoms in total. The van der Waals surface area contributed by atoms with Gasteiger partial charge in [0, 0.05) is 10.6 Å². The number of carbonyl (C=O) groups is 1. The van der Waals surface area contributed by atoms with Gasteiger partial charge in [-0.2, -0.15) is 0 Å². The first kappa shape index (κ1) is 15.4. The zero-order chi connectivity index (χ0) is 15.4. The summed E-state index contributed by atoms with van der Waals surface area (Å²) < 4.78 is 10.6. The van der Waals surface area contributed by atoms with Gasteiger partial charge in [0.15, 0.2) is 0 Å². The summed E-state index contributed by atoms with van der Waals surface area (Å²) in [5.41, 5.74) is 2.12. The molecule has 0 spiro atoms. The van der Waals surface area contributed by atoms with Gasteiger partial charge in [-0.15, -0.1) is 0 Å². The number of carbonyl (C=O) groups excluding carboxylic acids is 1. The summed E-state index contributed by atoms with van der Waals surface area (Å²) in [6.07, 6.45) is -0.217. The van der Waals surface area contributed by atoms with Crippen molar-refractivity contribution < 1.29 is 14.3 Å². The van der Waals surface area contributed by atoms with Gasteiger partial charge in [0.2, 0.25) is 0 Å². The summed E-state index contributed by atoms with van der Waals surface area (Å²) in [4.78, 5) is 11.6. The maximum Gasteiger partial charge on any atom is 0.338 e.